The Balaban J connectivity index is 1.44. The zero-order valence-electron chi connectivity index (χ0n) is 12.7. The van der Waals surface area contributed by atoms with Crippen LogP contribution in [0.25, 0.3) is 21.5 Å². The molecule has 0 aliphatic rings. The minimum atomic E-state index is -0.271. The van der Waals surface area contributed by atoms with Crippen molar-refractivity contribution < 1.29 is 9.32 Å². The Morgan fingerprint density at radius 3 is 2.72 bits per heavy atom. The van der Waals surface area contributed by atoms with E-state index in [9.17, 15) is 4.79 Å². The van der Waals surface area contributed by atoms with E-state index in [1.54, 1.807) is 24.3 Å². The fourth-order valence-electron chi connectivity index (χ4n) is 2.26. The van der Waals surface area contributed by atoms with E-state index in [1.165, 1.54) is 11.3 Å². The molecule has 2 aromatic carbocycles. The van der Waals surface area contributed by atoms with Crippen molar-refractivity contribution in [3.8, 4) is 11.4 Å². The summed E-state index contributed by atoms with van der Waals surface area (Å²) in [5, 5.41) is 5.52. The Morgan fingerprint density at radius 1 is 1.12 bits per heavy atom. The van der Waals surface area contributed by atoms with Gasteiger partial charge in [0.15, 0.2) is 0 Å². The number of nitrogens with zero attached hydrogens (tertiary/aromatic N) is 2. The zero-order valence-corrected chi connectivity index (χ0v) is 14.3. The fourth-order valence-corrected chi connectivity index (χ4v) is 3.34. The molecule has 6 nitrogen and oxygen atoms in total. The third-order valence-electron chi connectivity index (χ3n) is 3.46. The van der Waals surface area contributed by atoms with E-state index in [0.717, 1.165) is 15.6 Å². The summed E-state index contributed by atoms with van der Waals surface area (Å²) in [6, 6.07) is 16.8. The summed E-state index contributed by atoms with van der Waals surface area (Å²) in [5.41, 5.74) is 5.94. The number of rotatable bonds is 4. The Labute approximate surface area is 151 Å². The van der Waals surface area contributed by atoms with Gasteiger partial charge in [0.25, 0.3) is 5.91 Å². The lowest BCUT2D eigenvalue weighted by molar-refractivity contribution is 0.0965. The van der Waals surface area contributed by atoms with Gasteiger partial charge in [-0.25, -0.2) is 5.43 Å². The number of hydrogen-bond donors (Lipinski definition) is 2. The first-order valence-corrected chi connectivity index (χ1v) is 8.53. The van der Waals surface area contributed by atoms with E-state index >= 15 is 0 Å². The molecule has 4 aromatic rings. The lowest BCUT2D eigenvalue weighted by atomic mass is 10.2. The number of anilines is 1. The second-order valence-electron chi connectivity index (χ2n) is 5.16. The highest BCUT2D eigenvalue weighted by molar-refractivity contribution is 7.20. The number of halogens is 1. The minimum Gasteiger partial charge on any atom is -0.313 e. The molecule has 1 amide bonds. The van der Waals surface area contributed by atoms with Crippen LogP contribution in [0, 0.1) is 0 Å². The molecular weight excluding hydrogens is 360 g/mol. The van der Waals surface area contributed by atoms with Gasteiger partial charge in [0, 0.05) is 15.3 Å². The molecular formula is C17H11ClN4O2S. The molecule has 124 valence electrons. The van der Waals surface area contributed by atoms with E-state index in [0.29, 0.717) is 15.7 Å². The van der Waals surface area contributed by atoms with Crippen molar-refractivity contribution in [3.63, 3.8) is 0 Å². The van der Waals surface area contributed by atoms with E-state index in [4.69, 9.17) is 16.1 Å². The summed E-state index contributed by atoms with van der Waals surface area (Å²) < 4.78 is 6.13. The summed E-state index contributed by atoms with van der Waals surface area (Å²) in [6.45, 7) is 0. The molecule has 4 rings (SSSR count). The second kappa shape index (κ2) is 6.54. The van der Waals surface area contributed by atoms with Gasteiger partial charge in [-0.05, 0) is 41.8 Å². The van der Waals surface area contributed by atoms with Crippen LogP contribution in [-0.2, 0) is 0 Å². The molecule has 25 heavy (non-hydrogen) atoms. The Kier molecular flexibility index (Phi) is 4.09. The van der Waals surface area contributed by atoms with Crippen molar-refractivity contribution in [1.29, 1.82) is 0 Å². The maximum Gasteiger partial charge on any atom is 0.340 e. The number of nitrogens with one attached hydrogen (secondary N) is 2. The highest BCUT2D eigenvalue weighted by Gasteiger charge is 2.12. The van der Waals surface area contributed by atoms with Crippen LogP contribution in [0.5, 0.6) is 0 Å². The van der Waals surface area contributed by atoms with Crippen molar-refractivity contribution in [2.75, 3.05) is 5.43 Å². The number of thiophene rings is 1. The molecule has 0 fully saturated rings. The maximum absolute atomic E-state index is 12.2. The molecule has 2 aromatic heterocycles. The van der Waals surface area contributed by atoms with Crippen LogP contribution in [0.3, 0.4) is 0 Å². The molecule has 0 aliphatic heterocycles. The third kappa shape index (κ3) is 3.33. The lowest BCUT2D eigenvalue weighted by Crippen LogP contribution is -2.28. The second-order valence-corrected chi connectivity index (χ2v) is 6.68. The van der Waals surface area contributed by atoms with Crippen molar-refractivity contribution in [3.05, 3.63) is 64.5 Å². The van der Waals surface area contributed by atoms with E-state index < -0.39 is 0 Å². The molecule has 0 unspecified atom stereocenters. The first-order valence-electron chi connectivity index (χ1n) is 7.33. The Hall–Kier alpha value is -2.90. The Morgan fingerprint density at radius 2 is 1.92 bits per heavy atom. The van der Waals surface area contributed by atoms with Crippen LogP contribution < -0.4 is 10.9 Å². The van der Waals surface area contributed by atoms with Gasteiger partial charge in [-0.1, -0.05) is 35.0 Å². The summed E-state index contributed by atoms with van der Waals surface area (Å²) >= 11 is 7.27. The number of hydrogen-bond acceptors (Lipinski definition) is 6. The fraction of sp³-hybridized carbons (Fsp3) is 0. The summed E-state index contributed by atoms with van der Waals surface area (Å²) in [6.07, 6.45) is 0. The number of aromatic nitrogens is 2. The molecule has 0 aliphatic carbocycles. The van der Waals surface area contributed by atoms with Gasteiger partial charge in [-0.15, -0.1) is 11.3 Å². The van der Waals surface area contributed by atoms with Crippen molar-refractivity contribution in [1.82, 2.24) is 15.6 Å². The summed E-state index contributed by atoms with van der Waals surface area (Å²) in [4.78, 5) is 17.0. The maximum atomic E-state index is 12.2. The van der Waals surface area contributed by atoms with Gasteiger partial charge in [0.2, 0.25) is 5.82 Å². The molecule has 0 saturated heterocycles. The van der Waals surface area contributed by atoms with Crippen LogP contribution in [-0.4, -0.2) is 16.0 Å². The van der Waals surface area contributed by atoms with Gasteiger partial charge in [0.05, 0.1) is 4.88 Å². The van der Waals surface area contributed by atoms with Gasteiger partial charge in [-0.3, -0.25) is 10.2 Å². The molecule has 0 radical (unpaired) electrons. The highest BCUT2D eigenvalue weighted by Crippen LogP contribution is 2.25. The molecule has 8 heteroatoms. The van der Waals surface area contributed by atoms with Crippen molar-refractivity contribution in [2.45, 2.75) is 0 Å². The van der Waals surface area contributed by atoms with Gasteiger partial charge in [-0.2, -0.15) is 4.98 Å². The largest absolute Gasteiger partial charge is 0.340 e. The summed E-state index contributed by atoms with van der Waals surface area (Å²) in [5.74, 6) is 0.128. The molecule has 2 N–H and O–H groups in total. The zero-order chi connectivity index (χ0) is 17.2. The Bertz CT molecular complexity index is 1010. The lowest BCUT2D eigenvalue weighted by Gasteiger charge is -2.01. The number of carbonyl (C=O) groups excluding carboxylic acids is 1. The number of carbonyl (C=O) groups is 1. The predicted molar refractivity (Wildman–Crippen MR) is 97.7 cm³/mol. The number of hydrazine groups is 1. The van der Waals surface area contributed by atoms with E-state index in [2.05, 4.69) is 21.0 Å². The molecule has 0 bridgehead atoms. The van der Waals surface area contributed by atoms with Gasteiger partial charge >= 0.3 is 6.01 Å². The quantitative estimate of drug-likeness (QED) is 0.522. The molecule has 2 heterocycles. The van der Waals surface area contributed by atoms with Crippen molar-refractivity contribution in [2.24, 2.45) is 0 Å². The van der Waals surface area contributed by atoms with Gasteiger partial charge < -0.3 is 4.52 Å². The predicted octanol–water partition coefficient (Wildman–Crippen LogP) is 4.36. The number of fused-ring (bicyclic) bond motifs is 1. The van der Waals surface area contributed by atoms with Crippen LogP contribution in [0.2, 0.25) is 5.02 Å². The highest BCUT2D eigenvalue weighted by atomic mass is 35.5. The molecule has 0 atom stereocenters. The smallest absolute Gasteiger partial charge is 0.313 e. The van der Waals surface area contributed by atoms with Gasteiger partial charge in [0.1, 0.15) is 0 Å². The first kappa shape index (κ1) is 15.6. The van der Waals surface area contributed by atoms with Crippen molar-refractivity contribution >= 4 is 44.9 Å². The minimum absolute atomic E-state index is 0.0967. The molecule has 0 saturated carbocycles. The van der Waals surface area contributed by atoms with Crippen LogP contribution >= 0.6 is 22.9 Å². The average Bonchev–Trinajstić information content (AvgIpc) is 3.27. The SMILES string of the molecule is O=C(NNc1nc(-c2ccc(Cl)cc2)no1)c1cc2ccccc2s1. The third-order valence-corrected chi connectivity index (χ3v) is 4.83. The van der Waals surface area contributed by atoms with E-state index in [-0.39, 0.29) is 11.9 Å². The normalized spacial score (nSPS) is 10.8. The van der Waals surface area contributed by atoms with Crippen LogP contribution in [0.4, 0.5) is 6.01 Å². The van der Waals surface area contributed by atoms with Crippen LogP contribution in [0.1, 0.15) is 9.67 Å². The monoisotopic (exact) mass is 370 g/mol. The summed E-state index contributed by atoms with van der Waals surface area (Å²) in [7, 11) is 0. The van der Waals surface area contributed by atoms with Crippen LogP contribution in [0.15, 0.2) is 59.1 Å². The van der Waals surface area contributed by atoms with E-state index in [1.807, 2.05) is 30.3 Å². The first-order chi connectivity index (χ1) is 12.2. The number of amides is 1. The topological polar surface area (TPSA) is 80.0 Å². The average molecular weight is 371 g/mol. The standard InChI is InChI=1S/C17H11ClN4O2S/c18-12-7-5-10(6-8-12)15-19-17(24-22-15)21-20-16(23)14-9-11-3-1-2-4-13(11)25-14/h1-9H,(H,20,23)(H,19,21,22). The number of benzene rings is 2. The molecule has 0 spiro atoms.